The number of hydrogen-bond acceptors (Lipinski definition) is 5. The van der Waals surface area contributed by atoms with Gasteiger partial charge in [0.1, 0.15) is 17.6 Å². The third-order valence-electron chi connectivity index (χ3n) is 6.32. The zero-order valence-corrected chi connectivity index (χ0v) is 19.9. The van der Waals surface area contributed by atoms with Crippen LogP contribution < -0.4 is 0 Å². The van der Waals surface area contributed by atoms with Gasteiger partial charge >= 0.3 is 0 Å². The van der Waals surface area contributed by atoms with E-state index in [-0.39, 0.29) is 35.3 Å². The predicted molar refractivity (Wildman–Crippen MR) is 126 cm³/mol. The zero-order chi connectivity index (χ0) is 24.6. The summed E-state index contributed by atoms with van der Waals surface area (Å²) in [4.78, 5) is 33.7. The van der Waals surface area contributed by atoms with Crippen LogP contribution in [0.5, 0.6) is 0 Å². The Morgan fingerprint density at radius 3 is 2.53 bits per heavy atom. The van der Waals surface area contributed by atoms with Crippen LogP contribution in [0.15, 0.2) is 36.5 Å². The van der Waals surface area contributed by atoms with Crippen molar-refractivity contribution in [2.24, 2.45) is 5.92 Å². The summed E-state index contributed by atoms with van der Waals surface area (Å²) in [6.07, 6.45) is 1.27. The van der Waals surface area contributed by atoms with E-state index in [1.807, 2.05) is 19.9 Å². The lowest BCUT2D eigenvalue weighted by Crippen LogP contribution is -2.58. The van der Waals surface area contributed by atoms with E-state index in [0.717, 1.165) is 11.1 Å². The number of aryl methyl sites for hydroxylation is 1. The second-order valence-electron chi connectivity index (χ2n) is 9.13. The minimum atomic E-state index is -1.04. The van der Waals surface area contributed by atoms with Gasteiger partial charge in [-0.2, -0.15) is 5.10 Å². The number of hydrogen-bond donors (Lipinski definition) is 1. The van der Waals surface area contributed by atoms with Gasteiger partial charge in [-0.15, -0.1) is 0 Å². The average Bonchev–Trinajstić information content (AvgIpc) is 3.26. The van der Waals surface area contributed by atoms with Gasteiger partial charge in [0.05, 0.1) is 11.9 Å². The van der Waals surface area contributed by atoms with E-state index in [1.54, 1.807) is 46.5 Å². The first-order valence-corrected chi connectivity index (χ1v) is 11.6. The summed E-state index contributed by atoms with van der Waals surface area (Å²) in [5, 5.41) is 14.8. The summed E-state index contributed by atoms with van der Waals surface area (Å²) in [6, 6.07) is 7.82. The van der Waals surface area contributed by atoms with Crippen molar-refractivity contribution >= 4 is 17.5 Å². The van der Waals surface area contributed by atoms with Crippen molar-refractivity contribution in [1.29, 1.82) is 0 Å². The summed E-state index contributed by atoms with van der Waals surface area (Å²) in [5.74, 6) is -1.00. The van der Waals surface area contributed by atoms with Crippen molar-refractivity contribution < 1.29 is 19.1 Å². The third kappa shape index (κ3) is 4.52. The molecule has 2 amide bonds. The fourth-order valence-corrected chi connectivity index (χ4v) is 4.25. The highest BCUT2D eigenvalue weighted by molar-refractivity contribution is 5.93. The van der Waals surface area contributed by atoms with Gasteiger partial charge in [-0.1, -0.05) is 20.8 Å². The number of rotatable bonds is 5. The molecule has 3 heterocycles. The van der Waals surface area contributed by atoms with E-state index >= 15 is 0 Å². The molecule has 2 aromatic heterocycles. The molecule has 0 radical (unpaired) electrons. The van der Waals surface area contributed by atoms with E-state index in [4.69, 9.17) is 0 Å². The second kappa shape index (κ2) is 9.50. The molecule has 0 spiro atoms. The number of aliphatic hydroxyl groups excluding tert-OH is 1. The number of carbonyl (C=O) groups excluding carboxylic acids is 2. The van der Waals surface area contributed by atoms with Crippen LogP contribution in [0.25, 0.3) is 16.9 Å². The lowest BCUT2D eigenvalue weighted by atomic mass is 10.0. The molecule has 180 valence electrons. The highest BCUT2D eigenvalue weighted by Gasteiger charge is 2.34. The molecule has 1 aromatic carbocycles. The normalized spacial score (nSPS) is 17.4. The summed E-state index contributed by atoms with van der Waals surface area (Å²) >= 11 is 0. The van der Waals surface area contributed by atoms with Crippen molar-refractivity contribution in [3.8, 4) is 11.3 Å². The molecule has 0 unspecified atom stereocenters. The number of carbonyl (C=O) groups is 2. The van der Waals surface area contributed by atoms with Crippen molar-refractivity contribution in [3.05, 3.63) is 53.6 Å². The monoisotopic (exact) mass is 467 g/mol. The summed E-state index contributed by atoms with van der Waals surface area (Å²) in [6.45, 7) is 8.56. The molecule has 2 atom stereocenters. The van der Waals surface area contributed by atoms with Crippen LogP contribution >= 0.6 is 0 Å². The van der Waals surface area contributed by atoms with Crippen molar-refractivity contribution in [1.82, 2.24) is 24.4 Å². The van der Waals surface area contributed by atoms with Crippen molar-refractivity contribution in [2.45, 2.75) is 46.3 Å². The maximum Gasteiger partial charge on any atom is 0.274 e. The van der Waals surface area contributed by atoms with Gasteiger partial charge < -0.3 is 14.9 Å². The van der Waals surface area contributed by atoms with Crippen LogP contribution in [0.3, 0.4) is 0 Å². The molecule has 8 nitrogen and oxygen atoms in total. The molecule has 0 aliphatic carbocycles. The predicted octanol–water partition coefficient (Wildman–Crippen LogP) is 2.79. The van der Waals surface area contributed by atoms with Crippen LogP contribution in [0, 0.1) is 11.7 Å². The first kappa shape index (κ1) is 23.8. The Bertz CT molecular complexity index is 1210. The summed E-state index contributed by atoms with van der Waals surface area (Å²) < 4.78 is 14.9. The number of aromatic nitrogens is 3. The van der Waals surface area contributed by atoms with Gasteiger partial charge in [0.15, 0.2) is 5.65 Å². The number of amides is 2. The highest BCUT2D eigenvalue weighted by atomic mass is 19.1. The van der Waals surface area contributed by atoms with E-state index in [1.165, 1.54) is 12.1 Å². The van der Waals surface area contributed by atoms with Crippen LogP contribution in [0.2, 0.25) is 0 Å². The number of piperazine rings is 1. The lowest BCUT2D eigenvalue weighted by molar-refractivity contribution is -0.146. The quantitative estimate of drug-likeness (QED) is 0.623. The number of benzene rings is 1. The molecule has 1 saturated heterocycles. The van der Waals surface area contributed by atoms with Crippen molar-refractivity contribution in [3.63, 3.8) is 0 Å². The highest BCUT2D eigenvalue weighted by Crippen LogP contribution is 2.23. The average molecular weight is 468 g/mol. The van der Waals surface area contributed by atoms with Crippen LogP contribution in [0.1, 0.15) is 43.7 Å². The zero-order valence-electron chi connectivity index (χ0n) is 19.9. The fraction of sp³-hybridized carbons (Fsp3) is 0.440. The van der Waals surface area contributed by atoms with Gasteiger partial charge in [0.25, 0.3) is 11.8 Å². The second-order valence-corrected chi connectivity index (χ2v) is 9.13. The molecule has 34 heavy (non-hydrogen) atoms. The largest absolute Gasteiger partial charge is 0.383 e. The SMILES string of the molecule is CCc1cc(-c2ccc(F)cc2)nn2cc(C(=O)N3CCN(C(=O)[C@H](O)C(C)C)[C@@H](C)C3)nc12. The maximum absolute atomic E-state index is 13.3. The molecule has 1 N–H and O–H groups in total. The minimum Gasteiger partial charge on any atom is -0.383 e. The van der Waals surface area contributed by atoms with Gasteiger partial charge in [0.2, 0.25) is 0 Å². The van der Waals surface area contributed by atoms with Gasteiger partial charge in [-0.3, -0.25) is 9.59 Å². The number of fused-ring (bicyclic) bond motifs is 1. The van der Waals surface area contributed by atoms with E-state index < -0.39 is 6.10 Å². The number of halogens is 1. The fourth-order valence-electron chi connectivity index (χ4n) is 4.25. The summed E-state index contributed by atoms with van der Waals surface area (Å²) in [7, 11) is 0. The first-order valence-electron chi connectivity index (χ1n) is 11.6. The number of imidazole rings is 1. The topological polar surface area (TPSA) is 91.0 Å². The molecule has 1 aliphatic heterocycles. The van der Waals surface area contributed by atoms with Crippen LogP contribution in [-0.4, -0.2) is 73.1 Å². The molecular formula is C25H30FN5O3. The smallest absolute Gasteiger partial charge is 0.274 e. The molecule has 4 rings (SSSR count). The molecule has 0 bridgehead atoms. The Hall–Kier alpha value is -3.33. The number of nitrogens with zero attached hydrogens (tertiary/aromatic N) is 5. The van der Waals surface area contributed by atoms with Crippen LogP contribution in [-0.2, 0) is 11.2 Å². The molecule has 1 aliphatic rings. The Morgan fingerprint density at radius 2 is 1.91 bits per heavy atom. The van der Waals surface area contributed by atoms with Gasteiger partial charge in [0, 0.05) is 31.2 Å². The molecule has 9 heteroatoms. The minimum absolute atomic E-state index is 0.169. The van der Waals surface area contributed by atoms with Gasteiger partial charge in [-0.25, -0.2) is 13.9 Å². The molecular weight excluding hydrogens is 437 g/mol. The van der Waals surface area contributed by atoms with E-state index in [2.05, 4.69) is 10.1 Å². The van der Waals surface area contributed by atoms with E-state index in [9.17, 15) is 19.1 Å². The Kier molecular flexibility index (Phi) is 6.65. The number of aliphatic hydroxyl groups is 1. The Labute approximate surface area is 198 Å². The van der Waals surface area contributed by atoms with Crippen molar-refractivity contribution in [2.75, 3.05) is 19.6 Å². The lowest BCUT2D eigenvalue weighted by Gasteiger charge is -2.40. The molecule has 1 fully saturated rings. The van der Waals surface area contributed by atoms with E-state index in [0.29, 0.717) is 37.4 Å². The van der Waals surface area contributed by atoms with Gasteiger partial charge in [-0.05, 0) is 55.2 Å². The Morgan fingerprint density at radius 1 is 1.21 bits per heavy atom. The summed E-state index contributed by atoms with van der Waals surface area (Å²) in [5.41, 5.74) is 3.27. The molecule has 0 saturated carbocycles. The third-order valence-corrected chi connectivity index (χ3v) is 6.32. The Balaban J connectivity index is 1.56. The molecule has 3 aromatic rings. The maximum atomic E-state index is 13.3. The van der Waals surface area contributed by atoms with Crippen LogP contribution in [0.4, 0.5) is 4.39 Å². The first-order chi connectivity index (χ1) is 16.2. The standard InChI is InChI=1S/C25H30FN5O3/c1-5-17-12-20(18-6-8-19(26)9-7-18)28-31-14-21(27-23(17)31)24(33)29-10-11-30(16(4)13-29)25(34)22(32)15(2)3/h6-9,12,14-16,22,32H,5,10-11,13H2,1-4H3/t16-,22+/m0/s1.